The number of tetrazole rings is 1. The summed E-state index contributed by atoms with van der Waals surface area (Å²) in [6.45, 7) is 11.6. The number of hydrogen-bond acceptors (Lipinski definition) is 5. The molecule has 30 heavy (non-hydrogen) atoms. The smallest absolute Gasteiger partial charge is 0.225 e. The van der Waals surface area contributed by atoms with Crippen molar-refractivity contribution in [3.05, 3.63) is 58.4 Å². The Bertz CT molecular complexity index is 1070. The first-order valence-electron chi connectivity index (χ1n) is 10.5. The van der Waals surface area contributed by atoms with E-state index in [9.17, 15) is 0 Å². The zero-order valence-electron chi connectivity index (χ0n) is 17.8. The minimum atomic E-state index is 0.638. The van der Waals surface area contributed by atoms with Crippen LogP contribution in [0.15, 0.2) is 42.5 Å². The Labute approximate surface area is 182 Å². The van der Waals surface area contributed by atoms with Gasteiger partial charge in [0.1, 0.15) is 5.75 Å². The van der Waals surface area contributed by atoms with Crippen molar-refractivity contribution in [3.8, 4) is 11.4 Å². The lowest BCUT2D eigenvalue weighted by Gasteiger charge is -2.34. The molecule has 0 amide bonds. The van der Waals surface area contributed by atoms with Crippen LogP contribution in [0.3, 0.4) is 0 Å². The number of rotatable bonds is 6. The lowest BCUT2D eigenvalue weighted by atomic mass is 10.1. The predicted octanol–water partition coefficient (Wildman–Crippen LogP) is 2.18. The van der Waals surface area contributed by atoms with Crippen LogP contribution in [0, 0.1) is 18.6 Å². The van der Waals surface area contributed by atoms with Gasteiger partial charge in [0.05, 0.1) is 44.2 Å². The van der Waals surface area contributed by atoms with Gasteiger partial charge in [0, 0.05) is 0 Å². The zero-order chi connectivity index (χ0) is 21.1. The average Bonchev–Trinajstić information content (AvgIpc) is 3.09. The lowest BCUT2D eigenvalue weighted by Crippen LogP contribution is -3.14. The van der Waals surface area contributed by atoms with Crippen LogP contribution in [-0.4, -0.2) is 52.6 Å². The molecule has 8 heteroatoms. The maximum Gasteiger partial charge on any atom is 0.225 e. The fourth-order valence-corrected chi connectivity index (χ4v) is 4.23. The minimum absolute atomic E-state index is 0.638. The van der Waals surface area contributed by atoms with Gasteiger partial charge in [-0.1, -0.05) is 29.8 Å². The Morgan fingerprint density at radius 1 is 1.03 bits per heavy atom. The van der Waals surface area contributed by atoms with Crippen molar-refractivity contribution < 1.29 is 9.64 Å². The molecule has 0 spiro atoms. The van der Waals surface area contributed by atoms with E-state index in [4.69, 9.17) is 17.0 Å². The number of benzene rings is 2. The second kappa shape index (κ2) is 8.97. The van der Waals surface area contributed by atoms with Gasteiger partial charge in [-0.2, -0.15) is 9.36 Å². The molecular weight excluding hydrogens is 396 g/mol. The molecule has 1 aliphatic heterocycles. The highest BCUT2D eigenvalue weighted by atomic mass is 32.1. The molecule has 3 aromatic rings. The summed E-state index contributed by atoms with van der Waals surface area (Å²) in [7, 11) is 0. The topological polar surface area (TPSA) is 52.6 Å². The third-order valence-electron chi connectivity index (χ3n) is 5.57. The van der Waals surface area contributed by atoms with Crippen molar-refractivity contribution in [3.63, 3.8) is 0 Å². The molecule has 0 unspecified atom stereocenters. The van der Waals surface area contributed by atoms with E-state index >= 15 is 0 Å². The minimum Gasteiger partial charge on any atom is -0.492 e. The number of aryl methyl sites for hydroxylation is 2. The number of aromatic nitrogens is 4. The Hall–Kier alpha value is -2.71. The van der Waals surface area contributed by atoms with E-state index < -0.39 is 0 Å². The van der Waals surface area contributed by atoms with E-state index in [0.717, 1.165) is 49.8 Å². The summed E-state index contributed by atoms with van der Waals surface area (Å²) in [5, 5.41) is 8.66. The summed E-state index contributed by atoms with van der Waals surface area (Å²) >= 11 is 5.67. The first-order chi connectivity index (χ1) is 14.6. The fourth-order valence-electron chi connectivity index (χ4n) is 4.00. The normalized spacial score (nSPS) is 14.8. The molecule has 1 aliphatic rings. The van der Waals surface area contributed by atoms with Crippen LogP contribution >= 0.6 is 12.2 Å². The van der Waals surface area contributed by atoms with Gasteiger partial charge in [-0.15, -0.1) is 0 Å². The second-order valence-corrected chi connectivity index (χ2v) is 8.12. The van der Waals surface area contributed by atoms with Crippen LogP contribution in [0.25, 0.3) is 5.69 Å². The molecule has 1 saturated heterocycles. The molecule has 4 rings (SSSR count). The number of anilines is 1. The molecule has 158 valence electrons. The van der Waals surface area contributed by atoms with Crippen LogP contribution in [0.1, 0.15) is 18.1 Å². The number of quaternary nitrogens is 1. The van der Waals surface area contributed by atoms with Crippen LogP contribution < -0.4 is 14.5 Å². The van der Waals surface area contributed by atoms with Gasteiger partial charge >= 0.3 is 0 Å². The summed E-state index contributed by atoms with van der Waals surface area (Å²) < 4.78 is 10.0. The summed E-state index contributed by atoms with van der Waals surface area (Å²) in [5.74, 6) is 0.960. The van der Waals surface area contributed by atoms with Crippen molar-refractivity contribution in [2.45, 2.75) is 27.4 Å². The van der Waals surface area contributed by atoms with Gasteiger partial charge in [-0.05, 0) is 67.2 Å². The van der Waals surface area contributed by atoms with Crippen molar-refractivity contribution in [1.82, 2.24) is 19.8 Å². The monoisotopic (exact) mass is 425 g/mol. The lowest BCUT2D eigenvalue weighted by molar-refractivity contribution is -0.924. The first-order valence-corrected chi connectivity index (χ1v) is 10.9. The molecule has 1 N–H and O–H groups in total. The van der Waals surface area contributed by atoms with E-state index in [-0.39, 0.29) is 0 Å². The maximum atomic E-state index is 5.80. The third-order valence-corrected chi connectivity index (χ3v) is 5.95. The molecule has 7 nitrogen and oxygen atoms in total. The first kappa shape index (κ1) is 20.6. The van der Waals surface area contributed by atoms with Gasteiger partial charge < -0.3 is 14.5 Å². The Morgan fingerprint density at radius 2 is 1.80 bits per heavy atom. The molecule has 0 bridgehead atoms. The number of para-hydroxylation sites is 2. The van der Waals surface area contributed by atoms with E-state index in [1.165, 1.54) is 16.2 Å². The quantitative estimate of drug-likeness (QED) is 0.614. The molecule has 0 aliphatic carbocycles. The number of hydrogen-bond donors (Lipinski definition) is 1. The van der Waals surface area contributed by atoms with Crippen molar-refractivity contribution in [1.29, 1.82) is 0 Å². The van der Waals surface area contributed by atoms with Crippen LogP contribution in [0.5, 0.6) is 5.75 Å². The Kier molecular flexibility index (Phi) is 6.15. The molecule has 1 fully saturated rings. The molecule has 1 aromatic heterocycles. The molecular formula is C22H29N6OS+. The van der Waals surface area contributed by atoms with E-state index in [1.807, 2.05) is 23.7 Å². The largest absolute Gasteiger partial charge is 0.492 e. The standard InChI is InChI=1S/C22H28N6OS/c1-4-29-21-8-6-5-7-20(21)26-13-11-25(12-14-26)16-27-22(30)28(24-23-27)19-10-9-17(2)15-18(19)3/h5-10,15H,4,11-14,16H2,1-3H3/p+1. The van der Waals surface area contributed by atoms with Gasteiger partial charge in [0.25, 0.3) is 0 Å². The van der Waals surface area contributed by atoms with E-state index in [1.54, 1.807) is 4.68 Å². The van der Waals surface area contributed by atoms with Gasteiger partial charge in [0.2, 0.25) is 4.77 Å². The molecule has 2 heterocycles. The number of nitrogens with one attached hydrogen (secondary N) is 1. The average molecular weight is 426 g/mol. The molecule has 0 atom stereocenters. The highest BCUT2D eigenvalue weighted by Crippen LogP contribution is 2.27. The molecule has 2 aromatic carbocycles. The van der Waals surface area contributed by atoms with Crippen LogP contribution in [-0.2, 0) is 6.67 Å². The number of ether oxygens (including phenoxy) is 1. The summed E-state index contributed by atoms with van der Waals surface area (Å²) in [4.78, 5) is 3.85. The Morgan fingerprint density at radius 3 is 2.53 bits per heavy atom. The summed E-state index contributed by atoms with van der Waals surface area (Å²) in [6, 6.07) is 14.6. The second-order valence-electron chi connectivity index (χ2n) is 7.76. The van der Waals surface area contributed by atoms with E-state index in [0.29, 0.717) is 11.4 Å². The van der Waals surface area contributed by atoms with Gasteiger partial charge in [-0.3, -0.25) is 0 Å². The fraction of sp³-hybridized carbons (Fsp3) is 0.409. The summed E-state index contributed by atoms with van der Waals surface area (Å²) in [5.41, 5.74) is 4.54. The number of piperazine rings is 1. The highest BCUT2D eigenvalue weighted by Gasteiger charge is 2.23. The van der Waals surface area contributed by atoms with Crippen LogP contribution in [0.4, 0.5) is 5.69 Å². The highest BCUT2D eigenvalue weighted by molar-refractivity contribution is 7.71. The van der Waals surface area contributed by atoms with Gasteiger partial charge in [0.15, 0.2) is 6.67 Å². The van der Waals surface area contributed by atoms with Gasteiger partial charge in [-0.25, -0.2) is 0 Å². The Balaban J connectivity index is 1.43. The van der Waals surface area contributed by atoms with Crippen LogP contribution in [0.2, 0.25) is 0 Å². The number of nitrogens with zero attached hydrogens (tertiary/aromatic N) is 5. The van der Waals surface area contributed by atoms with Crippen molar-refractivity contribution in [2.75, 3.05) is 37.7 Å². The van der Waals surface area contributed by atoms with Crippen molar-refractivity contribution >= 4 is 17.9 Å². The predicted molar refractivity (Wildman–Crippen MR) is 120 cm³/mol. The molecule has 0 radical (unpaired) electrons. The summed E-state index contributed by atoms with van der Waals surface area (Å²) in [6.07, 6.45) is 0. The van der Waals surface area contributed by atoms with Crippen molar-refractivity contribution in [2.24, 2.45) is 0 Å². The third kappa shape index (κ3) is 4.24. The SMILES string of the molecule is CCOc1ccccc1N1CC[NH+](Cn2nnn(-c3ccc(C)cc3C)c2=S)CC1. The van der Waals surface area contributed by atoms with E-state index in [2.05, 4.69) is 59.5 Å². The molecule has 0 saturated carbocycles. The maximum absolute atomic E-state index is 5.80. The zero-order valence-corrected chi connectivity index (χ0v) is 18.7.